The van der Waals surface area contributed by atoms with Crippen LogP contribution in [0.4, 0.5) is 0 Å². The zero-order chi connectivity index (χ0) is 13.8. The smallest absolute Gasteiger partial charge is 0.224 e. The van der Waals surface area contributed by atoms with Gasteiger partial charge in [0.1, 0.15) is 0 Å². The average Bonchev–Trinajstić information content (AvgIpc) is 2.87. The first-order valence-corrected chi connectivity index (χ1v) is 7.17. The van der Waals surface area contributed by atoms with Gasteiger partial charge in [-0.2, -0.15) is 0 Å². The molecule has 1 aromatic rings. The lowest BCUT2D eigenvalue weighted by Gasteiger charge is -2.20. The van der Waals surface area contributed by atoms with Gasteiger partial charge in [0.15, 0.2) is 0 Å². The predicted molar refractivity (Wildman–Crippen MR) is 76.7 cm³/mol. The number of halogens is 2. The van der Waals surface area contributed by atoms with E-state index in [4.69, 9.17) is 27.9 Å². The van der Waals surface area contributed by atoms with Crippen LogP contribution in [0.2, 0.25) is 10.0 Å². The van der Waals surface area contributed by atoms with Crippen molar-refractivity contribution in [2.75, 3.05) is 6.61 Å². The summed E-state index contributed by atoms with van der Waals surface area (Å²) in [5.74, 6) is -0.0265. The van der Waals surface area contributed by atoms with E-state index in [2.05, 4.69) is 5.32 Å². The summed E-state index contributed by atoms with van der Waals surface area (Å²) in [4.78, 5) is 11.9. The van der Waals surface area contributed by atoms with Gasteiger partial charge < -0.3 is 10.1 Å². The molecule has 1 saturated heterocycles. The van der Waals surface area contributed by atoms with Crippen molar-refractivity contribution in [3.8, 4) is 0 Å². The van der Waals surface area contributed by atoms with Gasteiger partial charge in [0, 0.05) is 6.61 Å². The Labute approximate surface area is 123 Å². The number of benzene rings is 1. The van der Waals surface area contributed by atoms with Crippen molar-refractivity contribution in [2.45, 2.75) is 38.3 Å². The summed E-state index contributed by atoms with van der Waals surface area (Å²) >= 11 is 11.8. The van der Waals surface area contributed by atoms with E-state index in [1.54, 1.807) is 12.1 Å². The number of ether oxygens (including phenoxy) is 1. The van der Waals surface area contributed by atoms with Crippen LogP contribution in [0, 0.1) is 0 Å². The second kappa shape index (κ2) is 6.60. The van der Waals surface area contributed by atoms with Crippen LogP contribution in [0.15, 0.2) is 18.2 Å². The van der Waals surface area contributed by atoms with Gasteiger partial charge in [-0.25, -0.2) is 0 Å². The lowest BCUT2D eigenvalue weighted by atomic mass is 10.1. The van der Waals surface area contributed by atoms with Crippen LogP contribution < -0.4 is 5.32 Å². The molecule has 1 fully saturated rings. The molecule has 0 unspecified atom stereocenters. The zero-order valence-corrected chi connectivity index (χ0v) is 12.3. The molecule has 0 bridgehead atoms. The van der Waals surface area contributed by atoms with E-state index < -0.39 is 0 Å². The third-order valence-corrected chi connectivity index (χ3v) is 4.00. The molecule has 1 amide bonds. The molecular weight excluding hydrogens is 285 g/mol. The van der Waals surface area contributed by atoms with Crippen LogP contribution in [0.25, 0.3) is 0 Å². The summed E-state index contributed by atoms with van der Waals surface area (Å²) in [6.45, 7) is 2.76. The maximum Gasteiger partial charge on any atom is 0.224 e. The summed E-state index contributed by atoms with van der Waals surface area (Å²) in [6, 6.07) is 5.28. The van der Waals surface area contributed by atoms with Crippen LogP contribution in [-0.4, -0.2) is 24.7 Å². The molecule has 0 aliphatic carbocycles. The summed E-state index contributed by atoms with van der Waals surface area (Å²) in [7, 11) is 0. The summed E-state index contributed by atoms with van der Waals surface area (Å²) in [5.41, 5.74) is 0.853. The second-order valence-electron chi connectivity index (χ2n) is 4.83. The molecule has 19 heavy (non-hydrogen) atoms. The second-order valence-corrected chi connectivity index (χ2v) is 5.65. The Bertz CT molecular complexity index is 459. The lowest BCUT2D eigenvalue weighted by Crippen LogP contribution is -2.41. The van der Waals surface area contributed by atoms with Crippen molar-refractivity contribution >= 4 is 29.1 Å². The van der Waals surface area contributed by atoms with E-state index in [9.17, 15) is 4.79 Å². The van der Waals surface area contributed by atoms with Crippen LogP contribution >= 0.6 is 23.2 Å². The van der Waals surface area contributed by atoms with Gasteiger partial charge in [-0.05, 0) is 37.5 Å². The van der Waals surface area contributed by atoms with Crippen molar-refractivity contribution in [2.24, 2.45) is 0 Å². The Morgan fingerprint density at radius 3 is 2.89 bits per heavy atom. The first kappa shape index (κ1) is 14.6. The van der Waals surface area contributed by atoms with E-state index in [1.165, 1.54) is 0 Å². The molecule has 3 nitrogen and oxygen atoms in total. The number of nitrogens with one attached hydrogen (secondary N) is 1. The van der Waals surface area contributed by atoms with Crippen LogP contribution in [0.3, 0.4) is 0 Å². The molecule has 5 heteroatoms. The number of rotatable bonds is 4. The fourth-order valence-electron chi connectivity index (χ4n) is 2.23. The number of hydrogen-bond donors (Lipinski definition) is 1. The number of amides is 1. The minimum absolute atomic E-state index is 0.0265. The van der Waals surface area contributed by atoms with Gasteiger partial charge >= 0.3 is 0 Å². The molecule has 1 heterocycles. The minimum atomic E-state index is -0.0265. The maximum absolute atomic E-state index is 11.9. The molecule has 0 spiro atoms. The topological polar surface area (TPSA) is 38.3 Å². The molecule has 0 aromatic heterocycles. The van der Waals surface area contributed by atoms with Crippen molar-refractivity contribution in [3.05, 3.63) is 33.8 Å². The van der Waals surface area contributed by atoms with Crippen molar-refractivity contribution in [1.29, 1.82) is 0 Å². The van der Waals surface area contributed by atoms with Gasteiger partial charge in [-0.15, -0.1) is 0 Å². The fraction of sp³-hybridized carbons (Fsp3) is 0.500. The van der Waals surface area contributed by atoms with Gasteiger partial charge in [0.05, 0.1) is 28.6 Å². The fourth-order valence-corrected chi connectivity index (χ4v) is 2.55. The third-order valence-electron chi connectivity index (χ3n) is 3.26. The summed E-state index contributed by atoms with van der Waals surface area (Å²) in [6.07, 6.45) is 2.51. The van der Waals surface area contributed by atoms with Crippen molar-refractivity contribution < 1.29 is 9.53 Å². The number of hydrogen-bond acceptors (Lipinski definition) is 2. The molecule has 0 saturated carbocycles. The first-order valence-electron chi connectivity index (χ1n) is 6.41. The minimum Gasteiger partial charge on any atom is -0.376 e. The van der Waals surface area contributed by atoms with Crippen LogP contribution in [0.1, 0.15) is 25.3 Å². The average molecular weight is 302 g/mol. The van der Waals surface area contributed by atoms with E-state index in [0.29, 0.717) is 16.5 Å². The van der Waals surface area contributed by atoms with Gasteiger partial charge in [-0.1, -0.05) is 29.3 Å². The molecule has 0 radical (unpaired) electrons. The van der Waals surface area contributed by atoms with Crippen LogP contribution in [-0.2, 0) is 16.0 Å². The lowest BCUT2D eigenvalue weighted by molar-refractivity contribution is -0.121. The Morgan fingerprint density at radius 2 is 2.26 bits per heavy atom. The first-order chi connectivity index (χ1) is 9.06. The molecular formula is C14H17Cl2NO2. The zero-order valence-electron chi connectivity index (χ0n) is 10.8. The van der Waals surface area contributed by atoms with E-state index in [-0.39, 0.29) is 18.1 Å². The normalized spacial score (nSPS) is 20.3. The molecule has 1 aromatic carbocycles. The molecule has 2 atom stereocenters. The van der Waals surface area contributed by atoms with E-state index >= 15 is 0 Å². The Hall–Kier alpha value is -0.770. The quantitative estimate of drug-likeness (QED) is 0.927. The van der Waals surface area contributed by atoms with Crippen molar-refractivity contribution in [3.63, 3.8) is 0 Å². The summed E-state index contributed by atoms with van der Waals surface area (Å²) < 4.78 is 5.55. The SMILES string of the molecule is C[C@H](NC(=O)Cc1ccc(Cl)c(Cl)c1)[C@H]1CCCO1. The molecule has 1 N–H and O–H groups in total. The van der Waals surface area contributed by atoms with E-state index in [0.717, 1.165) is 25.0 Å². The van der Waals surface area contributed by atoms with E-state index in [1.807, 2.05) is 13.0 Å². The molecule has 1 aliphatic heterocycles. The number of carbonyl (C=O) groups excluding carboxylic acids is 1. The van der Waals surface area contributed by atoms with Gasteiger partial charge in [0.25, 0.3) is 0 Å². The highest BCUT2D eigenvalue weighted by Crippen LogP contribution is 2.23. The molecule has 2 rings (SSSR count). The largest absolute Gasteiger partial charge is 0.376 e. The highest BCUT2D eigenvalue weighted by Gasteiger charge is 2.23. The van der Waals surface area contributed by atoms with Crippen LogP contribution in [0.5, 0.6) is 0 Å². The number of carbonyl (C=O) groups is 1. The van der Waals surface area contributed by atoms with Gasteiger partial charge in [0.2, 0.25) is 5.91 Å². The Balaban J connectivity index is 1.88. The van der Waals surface area contributed by atoms with Gasteiger partial charge in [-0.3, -0.25) is 4.79 Å². The molecule has 1 aliphatic rings. The maximum atomic E-state index is 11.9. The van der Waals surface area contributed by atoms with Crippen molar-refractivity contribution in [1.82, 2.24) is 5.32 Å². The Kier molecular flexibility index (Phi) is 5.08. The standard InChI is InChI=1S/C14H17Cl2NO2/c1-9(13-3-2-6-19-13)17-14(18)8-10-4-5-11(15)12(16)7-10/h4-5,7,9,13H,2-3,6,8H2,1H3,(H,17,18)/t9-,13+/m0/s1. The highest BCUT2D eigenvalue weighted by atomic mass is 35.5. The summed E-state index contributed by atoms with van der Waals surface area (Å²) in [5, 5.41) is 3.93. The molecule has 104 valence electrons. The monoisotopic (exact) mass is 301 g/mol. The Morgan fingerprint density at radius 1 is 1.47 bits per heavy atom. The third kappa shape index (κ3) is 4.10. The highest BCUT2D eigenvalue weighted by molar-refractivity contribution is 6.42. The predicted octanol–water partition coefficient (Wildman–Crippen LogP) is 3.22.